The Bertz CT molecular complexity index is 1510. The topological polar surface area (TPSA) is 88.6 Å². The Hall–Kier alpha value is -3.90. The fourth-order valence-electron chi connectivity index (χ4n) is 4.68. The molecule has 1 aliphatic heterocycles. The summed E-state index contributed by atoms with van der Waals surface area (Å²) < 4.78 is 72.1. The van der Waals surface area contributed by atoms with Crippen LogP contribution in [0.2, 0.25) is 0 Å². The maximum Gasteiger partial charge on any atom is 0.257 e. The molecule has 0 radical (unpaired) electrons. The number of likely N-dealkylation sites (N-methyl/N-ethyl adjacent to an activating group) is 1. The van der Waals surface area contributed by atoms with Gasteiger partial charge in [-0.1, -0.05) is 6.07 Å². The summed E-state index contributed by atoms with van der Waals surface area (Å²) in [6.07, 6.45) is 0.459. The van der Waals surface area contributed by atoms with Crippen molar-refractivity contribution < 1.29 is 36.2 Å². The lowest BCUT2D eigenvalue weighted by atomic mass is 10.1. The molecule has 0 N–H and O–H groups in total. The van der Waals surface area contributed by atoms with Gasteiger partial charge in [0.2, 0.25) is 10.0 Å². The van der Waals surface area contributed by atoms with Crippen LogP contribution in [-0.4, -0.2) is 84.6 Å². The number of piperazine rings is 1. The molecule has 1 heterocycles. The monoisotopic (exact) mass is 589 g/mol. The molecule has 0 bridgehead atoms. The highest BCUT2D eigenvalue weighted by atomic mass is 32.2. The lowest BCUT2D eigenvalue weighted by Crippen LogP contribution is -2.49. The van der Waals surface area contributed by atoms with E-state index >= 15 is 0 Å². The normalized spacial score (nSPS) is 13.8. The van der Waals surface area contributed by atoms with Crippen LogP contribution in [0.4, 0.5) is 14.5 Å². The predicted molar refractivity (Wildman–Crippen MR) is 151 cm³/mol. The van der Waals surface area contributed by atoms with Crippen molar-refractivity contribution in [3.63, 3.8) is 0 Å². The number of hydrogen-bond acceptors (Lipinski definition) is 7. The lowest BCUT2D eigenvalue weighted by molar-refractivity contribution is 0.0741. The molecule has 1 amide bonds. The highest BCUT2D eigenvalue weighted by Crippen LogP contribution is 2.33. The molecule has 3 aromatic rings. The van der Waals surface area contributed by atoms with Gasteiger partial charge in [-0.25, -0.2) is 21.5 Å². The molecule has 12 heteroatoms. The molecule has 0 saturated carbocycles. The van der Waals surface area contributed by atoms with Crippen LogP contribution in [0.3, 0.4) is 0 Å². The molecule has 0 unspecified atom stereocenters. The smallest absolute Gasteiger partial charge is 0.257 e. The Labute approximate surface area is 238 Å². The number of carbonyl (C=O) groups is 1. The van der Waals surface area contributed by atoms with E-state index in [9.17, 15) is 22.0 Å². The van der Waals surface area contributed by atoms with Crippen LogP contribution in [0.25, 0.3) is 0 Å². The van der Waals surface area contributed by atoms with Crippen molar-refractivity contribution in [2.45, 2.75) is 11.3 Å². The first-order chi connectivity index (χ1) is 19.6. The number of amides is 1. The number of rotatable bonds is 10. The van der Waals surface area contributed by atoms with Gasteiger partial charge < -0.3 is 24.0 Å². The first-order valence-corrected chi connectivity index (χ1v) is 14.4. The van der Waals surface area contributed by atoms with Crippen molar-refractivity contribution in [3.8, 4) is 17.2 Å². The van der Waals surface area contributed by atoms with Crippen molar-refractivity contribution in [1.82, 2.24) is 9.21 Å². The highest BCUT2D eigenvalue weighted by Gasteiger charge is 2.28. The fraction of sp³-hybridized carbons (Fsp3) is 0.345. The average molecular weight is 590 g/mol. The number of benzene rings is 3. The first-order valence-electron chi connectivity index (χ1n) is 12.9. The minimum Gasteiger partial charge on any atom is -0.495 e. The number of anilines is 1. The number of hydrogen-bond donors (Lipinski definition) is 0. The SMILES string of the molecule is COc1ccc(CCN(C)S(=O)(=O)c2ccc(OC)c(N3CCN(C(=O)c4cc(F)ccc4F)CC3)c2)cc1OC. The Morgan fingerprint density at radius 3 is 2.17 bits per heavy atom. The molecule has 0 spiro atoms. The summed E-state index contributed by atoms with van der Waals surface area (Å²) >= 11 is 0. The molecular formula is C29H33F2N3O6S. The zero-order chi connectivity index (χ0) is 29.7. The molecule has 1 fully saturated rings. The van der Waals surface area contributed by atoms with Crippen LogP contribution < -0.4 is 19.1 Å². The summed E-state index contributed by atoms with van der Waals surface area (Å²) in [6, 6.07) is 12.9. The van der Waals surface area contributed by atoms with Crippen LogP contribution in [0.5, 0.6) is 17.2 Å². The largest absolute Gasteiger partial charge is 0.495 e. The second kappa shape index (κ2) is 12.7. The maximum atomic E-state index is 14.1. The van der Waals surface area contributed by atoms with Crippen molar-refractivity contribution in [2.75, 3.05) is 66.0 Å². The van der Waals surface area contributed by atoms with Gasteiger partial charge in [-0.2, -0.15) is 0 Å². The standard InChI is InChI=1S/C29H33F2N3O6S/c1-32(12-11-20-5-9-27(39-3)28(17-20)40-4)41(36,37)22-7-10-26(38-2)25(19-22)33-13-15-34(16-14-33)29(35)23-18-21(30)6-8-24(23)31/h5-10,17-19H,11-16H2,1-4H3. The second-order valence-electron chi connectivity index (χ2n) is 9.50. The Morgan fingerprint density at radius 1 is 0.854 bits per heavy atom. The summed E-state index contributed by atoms with van der Waals surface area (Å²) in [4.78, 5) is 16.3. The zero-order valence-corrected chi connectivity index (χ0v) is 24.2. The lowest BCUT2D eigenvalue weighted by Gasteiger charge is -2.37. The van der Waals surface area contributed by atoms with E-state index in [0.29, 0.717) is 42.4 Å². The predicted octanol–water partition coefficient (Wildman–Crippen LogP) is 3.82. The van der Waals surface area contributed by atoms with Crippen molar-refractivity contribution in [2.24, 2.45) is 0 Å². The molecule has 4 rings (SSSR count). The molecule has 1 saturated heterocycles. The van der Waals surface area contributed by atoms with E-state index in [1.807, 2.05) is 17.0 Å². The van der Waals surface area contributed by atoms with Crippen LogP contribution in [0.1, 0.15) is 15.9 Å². The van der Waals surface area contributed by atoms with Crippen LogP contribution in [-0.2, 0) is 16.4 Å². The zero-order valence-electron chi connectivity index (χ0n) is 23.4. The van der Waals surface area contributed by atoms with Crippen molar-refractivity contribution in [3.05, 3.63) is 77.4 Å². The van der Waals surface area contributed by atoms with Gasteiger partial charge in [-0.3, -0.25) is 4.79 Å². The van der Waals surface area contributed by atoms with Crippen molar-refractivity contribution in [1.29, 1.82) is 0 Å². The molecule has 3 aromatic carbocycles. The Morgan fingerprint density at radius 2 is 1.51 bits per heavy atom. The fourth-order valence-corrected chi connectivity index (χ4v) is 5.87. The van der Waals surface area contributed by atoms with E-state index < -0.39 is 27.6 Å². The highest BCUT2D eigenvalue weighted by molar-refractivity contribution is 7.89. The van der Waals surface area contributed by atoms with Gasteiger partial charge in [0.25, 0.3) is 5.91 Å². The van der Waals surface area contributed by atoms with Gasteiger partial charge in [0, 0.05) is 39.8 Å². The van der Waals surface area contributed by atoms with E-state index in [0.717, 1.165) is 23.8 Å². The third-order valence-electron chi connectivity index (χ3n) is 7.09. The molecule has 0 aliphatic carbocycles. The molecule has 0 aromatic heterocycles. The quantitative estimate of drug-likeness (QED) is 0.355. The van der Waals surface area contributed by atoms with E-state index in [4.69, 9.17) is 14.2 Å². The summed E-state index contributed by atoms with van der Waals surface area (Å²) in [7, 11) is 2.27. The molecule has 0 atom stereocenters. The Kier molecular flexibility index (Phi) is 9.34. The minimum atomic E-state index is -3.84. The van der Waals surface area contributed by atoms with Crippen LogP contribution in [0.15, 0.2) is 59.5 Å². The number of halogens is 2. The second-order valence-corrected chi connectivity index (χ2v) is 11.5. The van der Waals surface area contributed by atoms with Crippen molar-refractivity contribution >= 4 is 21.6 Å². The van der Waals surface area contributed by atoms with Crippen LogP contribution >= 0.6 is 0 Å². The van der Waals surface area contributed by atoms with E-state index in [-0.39, 0.29) is 30.1 Å². The van der Waals surface area contributed by atoms with Gasteiger partial charge in [0.05, 0.1) is 37.5 Å². The Balaban J connectivity index is 1.47. The van der Waals surface area contributed by atoms with E-state index in [2.05, 4.69) is 0 Å². The van der Waals surface area contributed by atoms with Gasteiger partial charge in [-0.15, -0.1) is 0 Å². The molecule has 1 aliphatic rings. The maximum absolute atomic E-state index is 14.1. The molecular weight excluding hydrogens is 556 g/mol. The number of nitrogens with zero attached hydrogens (tertiary/aromatic N) is 3. The van der Waals surface area contributed by atoms with Gasteiger partial charge >= 0.3 is 0 Å². The average Bonchev–Trinajstić information content (AvgIpc) is 3.00. The third-order valence-corrected chi connectivity index (χ3v) is 8.94. The first kappa shape index (κ1) is 30.1. The third kappa shape index (κ3) is 6.54. The summed E-state index contributed by atoms with van der Waals surface area (Å²) in [5.74, 6) is -0.431. The van der Waals surface area contributed by atoms with Crippen LogP contribution in [0, 0.1) is 11.6 Å². The summed E-state index contributed by atoms with van der Waals surface area (Å²) in [5, 5.41) is 0. The number of methoxy groups -OCH3 is 3. The van der Waals surface area contributed by atoms with E-state index in [1.54, 1.807) is 32.4 Å². The minimum absolute atomic E-state index is 0.100. The summed E-state index contributed by atoms with van der Waals surface area (Å²) in [6.45, 7) is 1.40. The van der Waals surface area contributed by atoms with Gasteiger partial charge in [0.15, 0.2) is 11.5 Å². The number of carbonyl (C=O) groups excluding carboxylic acids is 1. The number of sulfonamides is 1. The number of ether oxygens (including phenoxy) is 3. The molecule has 41 heavy (non-hydrogen) atoms. The summed E-state index contributed by atoms with van der Waals surface area (Å²) in [5.41, 5.74) is 1.14. The molecule has 9 nitrogen and oxygen atoms in total. The van der Waals surface area contributed by atoms with Gasteiger partial charge in [0.1, 0.15) is 17.4 Å². The molecule has 220 valence electrons. The van der Waals surface area contributed by atoms with Gasteiger partial charge in [-0.05, 0) is 60.5 Å². The van der Waals surface area contributed by atoms with E-state index in [1.165, 1.54) is 29.4 Å².